The fraction of sp³-hybridized carbons (Fsp3) is 0.385. The second kappa shape index (κ2) is 6.13. The van der Waals surface area contributed by atoms with Crippen molar-refractivity contribution in [3.8, 4) is 0 Å². The molecule has 0 saturated carbocycles. The summed E-state index contributed by atoms with van der Waals surface area (Å²) in [6.07, 6.45) is 0. The lowest BCUT2D eigenvalue weighted by Gasteiger charge is -2.21. The fourth-order valence-corrected chi connectivity index (χ4v) is 2.34. The number of rotatable bonds is 4. The Hall–Kier alpha value is -1.76. The molecule has 2 aromatic rings. The van der Waals surface area contributed by atoms with Crippen LogP contribution in [0, 0.1) is 6.92 Å². The molecule has 1 amide bonds. The smallest absolute Gasteiger partial charge is 0.253 e. The number of hydrogen-bond acceptors (Lipinski definition) is 4. The maximum atomic E-state index is 12.5. The van der Waals surface area contributed by atoms with Crippen molar-refractivity contribution < 1.29 is 4.79 Å². The van der Waals surface area contributed by atoms with Gasteiger partial charge in [-0.15, -0.1) is 10.2 Å². The van der Waals surface area contributed by atoms with Gasteiger partial charge in [0, 0.05) is 29.5 Å². The minimum Gasteiger partial charge on any atom is -0.341 e. The van der Waals surface area contributed by atoms with Crippen LogP contribution in [0.25, 0.3) is 0 Å². The van der Waals surface area contributed by atoms with Crippen LogP contribution in [0.1, 0.15) is 34.6 Å². The van der Waals surface area contributed by atoms with Gasteiger partial charge >= 0.3 is 0 Å². The zero-order chi connectivity index (χ0) is 14.7. The van der Waals surface area contributed by atoms with E-state index in [4.69, 9.17) is 0 Å². The lowest BCUT2D eigenvalue weighted by atomic mass is 10.1. The third kappa shape index (κ3) is 3.22. The van der Waals surface area contributed by atoms with Crippen LogP contribution < -0.4 is 0 Å². The number of H-pyrrole nitrogens is 1. The van der Waals surface area contributed by atoms with Gasteiger partial charge in [-0.25, -0.2) is 0 Å². The van der Waals surface area contributed by atoms with Crippen molar-refractivity contribution in [2.24, 2.45) is 0 Å². The Morgan fingerprint density at radius 3 is 2.90 bits per heavy atom. The topological polar surface area (TPSA) is 74.8 Å². The summed E-state index contributed by atoms with van der Waals surface area (Å²) >= 11 is 3.39. The lowest BCUT2D eigenvalue weighted by Crippen LogP contribution is -2.31. The summed E-state index contributed by atoms with van der Waals surface area (Å²) in [5.41, 5.74) is 1.65. The van der Waals surface area contributed by atoms with Crippen molar-refractivity contribution in [1.82, 2.24) is 25.5 Å². The second-order valence-corrected chi connectivity index (χ2v) is 5.73. The molecule has 0 spiro atoms. The van der Waals surface area contributed by atoms with Crippen molar-refractivity contribution >= 4 is 21.8 Å². The van der Waals surface area contributed by atoms with Crippen LogP contribution in [0.3, 0.4) is 0 Å². The highest BCUT2D eigenvalue weighted by Crippen LogP contribution is 2.18. The van der Waals surface area contributed by atoms with Crippen molar-refractivity contribution in [2.75, 3.05) is 13.6 Å². The quantitative estimate of drug-likeness (QED) is 0.927. The summed E-state index contributed by atoms with van der Waals surface area (Å²) in [5, 5.41) is 13.8. The van der Waals surface area contributed by atoms with E-state index in [1.165, 1.54) is 0 Å². The monoisotopic (exact) mass is 337 g/mol. The highest BCUT2D eigenvalue weighted by molar-refractivity contribution is 9.10. The number of hydrogen-bond donors (Lipinski definition) is 1. The predicted molar refractivity (Wildman–Crippen MR) is 78.4 cm³/mol. The van der Waals surface area contributed by atoms with Gasteiger partial charge in [0.05, 0.1) is 0 Å². The van der Waals surface area contributed by atoms with E-state index in [0.717, 1.165) is 10.0 Å². The number of carbonyl (C=O) groups excluding carboxylic acids is 1. The summed E-state index contributed by atoms with van der Waals surface area (Å²) in [5.74, 6) is 0.616. The van der Waals surface area contributed by atoms with Gasteiger partial charge in [-0.3, -0.25) is 4.79 Å². The molecule has 0 aliphatic rings. The maximum absolute atomic E-state index is 12.5. The molecule has 6 nitrogen and oxygen atoms in total. The van der Waals surface area contributed by atoms with Crippen LogP contribution in [0.4, 0.5) is 0 Å². The predicted octanol–water partition coefficient (Wildman–Crippen LogP) is 2.15. The fourth-order valence-electron chi connectivity index (χ4n) is 1.98. The average Bonchev–Trinajstić information content (AvgIpc) is 2.94. The molecule has 1 aromatic heterocycles. The SMILES string of the molecule is Cc1ccc(Br)cc1C(=O)N(C)C[C@@H](C)c1nn[nH]n1. The molecule has 2 rings (SSSR count). The Morgan fingerprint density at radius 1 is 1.50 bits per heavy atom. The maximum Gasteiger partial charge on any atom is 0.253 e. The van der Waals surface area contributed by atoms with Gasteiger partial charge in [0.15, 0.2) is 5.82 Å². The molecule has 1 aromatic carbocycles. The number of likely N-dealkylation sites (N-methyl/N-ethyl adjacent to an activating group) is 1. The van der Waals surface area contributed by atoms with Crippen molar-refractivity contribution in [1.29, 1.82) is 0 Å². The van der Waals surface area contributed by atoms with Crippen LogP contribution in [-0.2, 0) is 0 Å². The number of tetrazole rings is 1. The number of nitrogens with zero attached hydrogens (tertiary/aromatic N) is 4. The van der Waals surface area contributed by atoms with E-state index >= 15 is 0 Å². The van der Waals surface area contributed by atoms with E-state index in [9.17, 15) is 4.79 Å². The van der Waals surface area contributed by atoms with E-state index in [-0.39, 0.29) is 11.8 Å². The first-order chi connectivity index (χ1) is 9.49. The van der Waals surface area contributed by atoms with Gasteiger partial charge in [0.1, 0.15) is 0 Å². The molecule has 1 N–H and O–H groups in total. The number of halogens is 1. The Bertz CT molecular complexity index is 599. The number of amides is 1. The molecular weight excluding hydrogens is 322 g/mol. The number of aryl methyl sites for hydroxylation is 1. The van der Waals surface area contributed by atoms with E-state index in [0.29, 0.717) is 17.9 Å². The van der Waals surface area contributed by atoms with Crippen LogP contribution in [0.5, 0.6) is 0 Å². The van der Waals surface area contributed by atoms with E-state index < -0.39 is 0 Å². The highest BCUT2D eigenvalue weighted by atomic mass is 79.9. The number of benzene rings is 1. The molecule has 0 bridgehead atoms. The Labute approximate surface area is 125 Å². The molecule has 1 atom stereocenters. The first kappa shape index (κ1) is 14.6. The van der Waals surface area contributed by atoms with Gasteiger partial charge in [-0.2, -0.15) is 5.21 Å². The first-order valence-electron chi connectivity index (χ1n) is 6.24. The zero-order valence-corrected chi connectivity index (χ0v) is 13.2. The summed E-state index contributed by atoms with van der Waals surface area (Å²) < 4.78 is 0.895. The lowest BCUT2D eigenvalue weighted by molar-refractivity contribution is 0.0786. The molecule has 1 heterocycles. The largest absolute Gasteiger partial charge is 0.341 e. The van der Waals surface area contributed by atoms with Gasteiger partial charge in [-0.1, -0.05) is 34.1 Å². The van der Waals surface area contributed by atoms with Crippen LogP contribution in [0.15, 0.2) is 22.7 Å². The van der Waals surface area contributed by atoms with Crippen LogP contribution in [-0.4, -0.2) is 45.0 Å². The molecular formula is C13H16BrN5O. The Balaban J connectivity index is 2.10. The number of nitrogens with one attached hydrogen (secondary N) is 1. The molecule has 0 saturated heterocycles. The molecule has 0 aliphatic carbocycles. The van der Waals surface area contributed by atoms with Gasteiger partial charge in [0.25, 0.3) is 5.91 Å². The summed E-state index contributed by atoms with van der Waals surface area (Å²) in [6.45, 7) is 4.42. The number of carbonyl (C=O) groups is 1. The molecule has 0 radical (unpaired) electrons. The van der Waals surface area contributed by atoms with Gasteiger partial charge in [-0.05, 0) is 24.6 Å². The molecule has 0 fully saturated rings. The molecule has 7 heteroatoms. The number of aromatic nitrogens is 4. The van der Waals surface area contributed by atoms with E-state index in [1.54, 1.807) is 11.9 Å². The molecule has 20 heavy (non-hydrogen) atoms. The summed E-state index contributed by atoms with van der Waals surface area (Å²) in [6, 6.07) is 5.69. The molecule has 0 aliphatic heterocycles. The van der Waals surface area contributed by atoms with Crippen molar-refractivity contribution in [3.05, 3.63) is 39.6 Å². The number of aromatic amines is 1. The molecule has 0 unspecified atom stereocenters. The average molecular weight is 338 g/mol. The van der Waals surface area contributed by atoms with E-state index in [1.807, 2.05) is 32.0 Å². The normalized spacial score (nSPS) is 12.2. The minimum absolute atomic E-state index is 0.0147. The minimum atomic E-state index is -0.0147. The Morgan fingerprint density at radius 2 is 2.25 bits per heavy atom. The second-order valence-electron chi connectivity index (χ2n) is 4.82. The Kier molecular flexibility index (Phi) is 4.49. The summed E-state index contributed by atoms with van der Waals surface area (Å²) in [4.78, 5) is 14.1. The van der Waals surface area contributed by atoms with Crippen molar-refractivity contribution in [3.63, 3.8) is 0 Å². The standard InChI is InChI=1S/C13H16BrN5O/c1-8-4-5-10(14)6-11(8)13(20)19(3)7-9(2)12-15-17-18-16-12/h4-6,9H,7H2,1-3H3,(H,15,16,17,18)/t9-/m1/s1. The van der Waals surface area contributed by atoms with Gasteiger partial charge < -0.3 is 4.90 Å². The zero-order valence-electron chi connectivity index (χ0n) is 11.6. The van der Waals surface area contributed by atoms with Crippen LogP contribution in [0.2, 0.25) is 0 Å². The van der Waals surface area contributed by atoms with Gasteiger partial charge in [0.2, 0.25) is 0 Å². The van der Waals surface area contributed by atoms with Crippen molar-refractivity contribution in [2.45, 2.75) is 19.8 Å². The van der Waals surface area contributed by atoms with E-state index in [2.05, 4.69) is 36.6 Å². The third-order valence-corrected chi connectivity index (χ3v) is 3.62. The third-order valence-electron chi connectivity index (χ3n) is 3.13. The van der Waals surface area contributed by atoms with Crippen LogP contribution >= 0.6 is 15.9 Å². The first-order valence-corrected chi connectivity index (χ1v) is 7.03. The summed E-state index contributed by atoms with van der Waals surface area (Å²) in [7, 11) is 1.78. The highest BCUT2D eigenvalue weighted by Gasteiger charge is 2.19. The molecule has 106 valence electrons.